The second-order valence-corrected chi connectivity index (χ2v) is 8.83. The molecule has 0 bridgehead atoms. The van der Waals surface area contributed by atoms with Gasteiger partial charge in [0.25, 0.3) is 5.91 Å². The molecule has 0 radical (unpaired) electrons. The average molecular weight is 449 g/mol. The van der Waals surface area contributed by atoms with Gasteiger partial charge in [-0.25, -0.2) is 8.42 Å². The zero-order valence-corrected chi connectivity index (χ0v) is 19.0. The van der Waals surface area contributed by atoms with Crippen LogP contribution in [0.15, 0.2) is 47.4 Å². The van der Waals surface area contributed by atoms with Gasteiger partial charge in [-0.3, -0.25) is 9.59 Å². The number of carbonyl (C=O) groups is 2. The summed E-state index contributed by atoms with van der Waals surface area (Å²) < 4.78 is 37.1. The molecule has 0 aromatic heterocycles. The van der Waals surface area contributed by atoms with Crippen molar-refractivity contribution in [3.05, 3.63) is 59.2 Å². The third-order valence-corrected chi connectivity index (χ3v) is 6.03. The summed E-state index contributed by atoms with van der Waals surface area (Å²) in [5.74, 6) is -0.494. The largest absolute Gasteiger partial charge is 0.494 e. The van der Waals surface area contributed by atoms with Crippen molar-refractivity contribution >= 4 is 21.9 Å². The van der Waals surface area contributed by atoms with Crippen LogP contribution in [0, 0.1) is 13.8 Å². The second kappa shape index (κ2) is 10.9. The molecule has 0 atom stereocenters. The van der Waals surface area contributed by atoms with Crippen LogP contribution in [0.25, 0.3) is 0 Å². The Balaban J connectivity index is 1.80. The van der Waals surface area contributed by atoms with Gasteiger partial charge in [-0.05, 0) is 61.7 Å². The number of nitrogens with one attached hydrogen (secondary N) is 1. The lowest BCUT2D eigenvalue weighted by Gasteiger charge is -2.17. The van der Waals surface area contributed by atoms with Gasteiger partial charge in [0.05, 0.1) is 11.5 Å². The van der Waals surface area contributed by atoms with Gasteiger partial charge in [-0.2, -0.15) is 4.72 Å². The fourth-order valence-electron chi connectivity index (χ4n) is 2.64. The van der Waals surface area contributed by atoms with E-state index < -0.39 is 35.1 Å². The highest BCUT2D eigenvalue weighted by atomic mass is 32.2. The van der Waals surface area contributed by atoms with Crippen molar-refractivity contribution in [2.24, 2.45) is 0 Å². The maximum atomic E-state index is 12.3. The molecule has 0 aliphatic heterocycles. The zero-order chi connectivity index (χ0) is 23.0. The number of rotatable bonds is 10. The highest BCUT2D eigenvalue weighted by Crippen LogP contribution is 2.15. The maximum Gasteiger partial charge on any atom is 0.321 e. The van der Waals surface area contributed by atoms with E-state index in [-0.39, 0.29) is 4.90 Å². The highest BCUT2D eigenvalue weighted by Gasteiger charge is 2.18. The van der Waals surface area contributed by atoms with Crippen molar-refractivity contribution < 1.29 is 27.5 Å². The first-order valence-electron chi connectivity index (χ1n) is 9.80. The number of carbonyl (C=O) groups excluding carboxylic acids is 2. The van der Waals surface area contributed by atoms with Gasteiger partial charge in [0.2, 0.25) is 10.0 Å². The van der Waals surface area contributed by atoms with Gasteiger partial charge >= 0.3 is 5.97 Å². The Morgan fingerprint density at radius 2 is 1.71 bits per heavy atom. The van der Waals surface area contributed by atoms with E-state index in [0.29, 0.717) is 13.2 Å². The minimum atomic E-state index is -3.85. The van der Waals surface area contributed by atoms with Gasteiger partial charge < -0.3 is 14.4 Å². The van der Waals surface area contributed by atoms with Crippen molar-refractivity contribution in [3.8, 4) is 5.75 Å². The SMILES string of the molecule is CCOc1ccc(CN(C)C(=O)COC(=O)CNS(=O)(=O)c2ccc(C)c(C)c2)cc1. The second-order valence-electron chi connectivity index (χ2n) is 7.06. The van der Waals surface area contributed by atoms with Crippen LogP contribution in [0.3, 0.4) is 0 Å². The summed E-state index contributed by atoms with van der Waals surface area (Å²) in [5, 5.41) is 0. The summed E-state index contributed by atoms with van der Waals surface area (Å²) in [7, 11) is -2.26. The molecule has 31 heavy (non-hydrogen) atoms. The summed E-state index contributed by atoms with van der Waals surface area (Å²) in [5.41, 5.74) is 2.68. The molecule has 0 heterocycles. The quantitative estimate of drug-likeness (QED) is 0.559. The number of amides is 1. The Morgan fingerprint density at radius 1 is 1.03 bits per heavy atom. The molecular formula is C22H28N2O6S. The normalized spacial score (nSPS) is 11.1. The number of esters is 1. The van der Waals surface area contributed by atoms with Crippen molar-refractivity contribution in [3.63, 3.8) is 0 Å². The Morgan fingerprint density at radius 3 is 2.32 bits per heavy atom. The van der Waals surface area contributed by atoms with Crippen LogP contribution < -0.4 is 9.46 Å². The van der Waals surface area contributed by atoms with Crippen LogP contribution in [0.1, 0.15) is 23.6 Å². The Hall–Kier alpha value is -2.91. The van der Waals surface area contributed by atoms with Crippen molar-refractivity contribution in [1.29, 1.82) is 0 Å². The number of likely N-dealkylation sites (N-methyl/N-ethyl adjacent to an activating group) is 1. The number of benzene rings is 2. The fourth-order valence-corrected chi connectivity index (χ4v) is 3.70. The highest BCUT2D eigenvalue weighted by molar-refractivity contribution is 7.89. The lowest BCUT2D eigenvalue weighted by Crippen LogP contribution is -2.34. The van der Waals surface area contributed by atoms with Crippen LogP contribution in [-0.4, -0.2) is 52.0 Å². The summed E-state index contributed by atoms with van der Waals surface area (Å²) in [6.45, 7) is 5.45. The molecule has 2 aromatic carbocycles. The van der Waals surface area contributed by atoms with E-state index in [1.165, 1.54) is 17.0 Å². The minimum Gasteiger partial charge on any atom is -0.494 e. The lowest BCUT2D eigenvalue weighted by atomic mass is 10.1. The first-order chi connectivity index (χ1) is 14.6. The number of hydrogen-bond donors (Lipinski definition) is 1. The third kappa shape index (κ3) is 7.37. The minimum absolute atomic E-state index is 0.0644. The summed E-state index contributed by atoms with van der Waals surface area (Å²) >= 11 is 0. The van der Waals surface area contributed by atoms with Gasteiger partial charge in [0, 0.05) is 13.6 Å². The summed E-state index contributed by atoms with van der Waals surface area (Å²) in [6, 6.07) is 12.0. The molecule has 2 rings (SSSR count). The van der Waals surface area contributed by atoms with Crippen molar-refractivity contribution in [1.82, 2.24) is 9.62 Å². The first-order valence-corrected chi connectivity index (χ1v) is 11.3. The van der Waals surface area contributed by atoms with E-state index in [0.717, 1.165) is 22.4 Å². The lowest BCUT2D eigenvalue weighted by molar-refractivity contribution is -0.150. The molecule has 0 fully saturated rings. The molecule has 0 saturated heterocycles. The van der Waals surface area contributed by atoms with Crippen molar-refractivity contribution in [2.45, 2.75) is 32.2 Å². The number of aryl methyl sites for hydroxylation is 2. The van der Waals surface area contributed by atoms with Gasteiger partial charge in [0.1, 0.15) is 12.3 Å². The molecular weight excluding hydrogens is 420 g/mol. The van der Waals surface area contributed by atoms with Gasteiger partial charge in [-0.1, -0.05) is 18.2 Å². The molecule has 2 aromatic rings. The van der Waals surface area contributed by atoms with E-state index in [4.69, 9.17) is 9.47 Å². The van der Waals surface area contributed by atoms with Crippen LogP contribution >= 0.6 is 0 Å². The molecule has 0 saturated carbocycles. The smallest absolute Gasteiger partial charge is 0.321 e. The molecule has 0 unspecified atom stereocenters. The van der Waals surface area contributed by atoms with E-state index in [2.05, 4.69) is 4.72 Å². The zero-order valence-electron chi connectivity index (χ0n) is 18.2. The van der Waals surface area contributed by atoms with E-state index >= 15 is 0 Å². The van der Waals surface area contributed by atoms with Crippen LogP contribution in [0.2, 0.25) is 0 Å². The van der Waals surface area contributed by atoms with Crippen molar-refractivity contribution in [2.75, 3.05) is 26.8 Å². The predicted molar refractivity (Wildman–Crippen MR) is 116 cm³/mol. The molecule has 1 amide bonds. The average Bonchev–Trinajstić information content (AvgIpc) is 2.74. The van der Waals surface area contributed by atoms with Gasteiger partial charge in [-0.15, -0.1) is 0 Å². The Kier molecular flexibility index (Phi) is 8.58. The molecule has 9 heteroatoms. The molecule has 0 aliphatic rings. The first kappa shape index (κ1) is 24.4. The number of hydrogen-bond acceptors (Lipinski definition) is 6. The maximum absolute atomic E-state index is 12.3. The van der Waals surface area contributed by atoms with E-state index in [9.17, 15) is 18.0 Å². The fraction of sp³-hybridized carbons (Fsp3) is 0.364. The Labute approximate surface area is 183 Å². The topological polar surface area (TPSA) is 102 Å². The number of sulfonamides is 1. The molecule has 168 valence electrons. The monoisotopic (exact) mass is 448 g/mol. The standard InChI is InChI=1S/C22H28N2O6S/c1-5-29-19-9-7-18(8-10-19)14-24(4)21(25)15-30-22(26)13-23-31(27,28)20-11-6-16(2)17(3)12-20/h6-12,23H,5,13-15H2,1-4H3. The van der Waals surface area contributed by atoms with Crippen LogP contribution in [0.4, 0.5) is 0 Å². The Bertz CT molecular complexity index is 1020. The summed E-state index contributed by atoms with van der Waals surface area (Å²) in [4.78, 5) is 25.6. The molecule has 1 N–H and O–H groups in total. The molecule has 0 spiro atoms. The molecule has 8 nitrogen and oxygen atoms in total. The van der Waals surface area contributed by atoms with Gasteiger partial charge in [0.15, 0.2) is 6.61 Å². The summed E-state index contributed by atoms with van der Waals surface area (Å²) in [6.07, 6.45) is 0. The third-order valence-electron chi connectivity index (χ3n) is 4.63. The van der Waals surface area contributed by atoms with E-state index in [1.54, 1.807) is 20.0 Å². The molecule has 0 aliphatic carbocycles. The number of nitrogens with zero attached hydrogens (tertiary/aromatic N) is 1. The van der Waals surface area contributed by atoms with Crippen LogP contribution in [0.5, 0.6) is 5.75 Å². The number of ether oxygens (including phenoxy) is 2. The van der Waals surface area contributed by atoms with Crippen LogP contribution in [-0.2, 0) is 30.9 Å². The predicted octanol–water partition coefficient (Wildman–Crippen LogP) is 2.18. The van der Waals surface area contributed by atoms with E-state index in [1.807, 2.05) is 38.1 Å².